The van der Waals surface area contributed by atoms with E-state index < -0.39 is 0 Å². The molecule has 138 valence electrons. The topological polar surface area (TPSA) is 24.5 Å². The largest absolute Gasteiger partial charge is 0.457 e. The average Bonchev–Trinajstić information content (AvgIpc) is 2.75. The number of nitrogens with one attached hydrogen (secondary N) is 1. The third-order valence-electron chi connectivity index (χ3n) is 5.35. The predicted octanol–water partition coefficient (Wildman–Crippen LogP) is 5.53. The molecule has 3 aromatic carbocycles. The van der Waals surface area contributed by atoms with Crippen LogP contribution >= 0.6 is 0 Å². The quantitative estimate of drug-likeness (QED) is 0.648. The second kappa shape index (κ2) is 8.38. The lowest BCUT2D eigenvalue weighted by Crippen LogP contribution is -2.44. The molecule has 1 saturated heterocycles. The van der Waals surface area contributed by atoms with Gasteiger partial charge in [0.25, 0.3) is 0 Å². The van der Waals surface area contributed by atoms with Gasteiger partial charge in [0.1, 0.15) is 11.5 Å². The molecule has 0 aliphatic carbocycles. The summed E-state index contributed by atoms with van der Waals surface area (Å²) in [5, 5.41) is 2.36. The van der Waals surface area contributed by atoms with Gasteiger partial charge >= 0.3 is 0 Å². The number of piperidine rings is 1. The van der Waals surface area contributed by atoms with Crippen LogP contribution in [-0.4, -0.2) is 18.6 Å². The second-order valence-electron chi connectivity index (χ2n) is 6.97. The molecule has 1 aliphatic heterocycles. The van der Waals surface area contributed by atoms with E-state index in [0.717, 1.165) is 30.9 Å². The van der Waals surface area contributed by atoms with Crippen LogP contribution in [0.5, 0.6) is 11.5 Å². The molecule has 0 aromatic heterocycles. The molecule has 3 heteroatoms. The number of para-hydroxylation sites is 2. The van der Waals surface area contributed by atoms with Crippen LogP contribution in [0.25, 0.3) is 0 Å². The first-order valence-electron chi connectivity index (χ1n) is 9.67. The van der Waals surface area contributed by atoms with Crippen LogP contribution in [0.3, 0.4) is 0 Å². The van der Waals surface area contributed by atoms with E-state index in [2.05, 4.69) is 65.0 Å². The lowest BCUT2D eigenvalue weighted by atomic mass is 9.80. The van der Waals surface area contributed by atoms with Crippen LogP contribution in [-0.2, 0) is 0 Å². The van der Waals surface area contributed by atoms with Gasteiger partial charge in [-0.3, -0.25) is 5.43 Å². The summed E-state index contributed by atoms with van der Waals surface area (Å²) in [6.07, 6.45) is 2.31. The van der Waals surface area contributed by atoms with Crippen molar-refractivity contribution in [3.05, 3.63) is 96.1 Å². The molecule has 2 atom stereocenters. The van der Waals surface area contributed by atoms with Gasteiger partial charge in [0, 0.05) is 12.5 Å². The van der Waals surface area contributed by atoms with Crippen LogP contribution in [0.4, 0.5) is 0 Å². The van der Waals surface area contributed by atoms with E-state index in [-0.39, 0.29) is 6.04 Å². The van der Waals surface area contributed by atoms with Crippen molar-refractivity contribution >= 4 is 0 Å². The molecule has 1 aliphatic rings. The maximum atomic E-state index is 6.28. The van der Waals surface area contributed by atoms with Gasteiger partial charge < -0.3 is 4.74 Å². The maximum Gasteiger partial charge on any atom is 0.130 e. The average molecular weight is 358 g/mol. The van der Waals surface area contributed by atoms with Crippen molar-refractivity contribution in [2.45, 2.75) is 24.8 Å². The molecule has 3 aromatic rings. The van der Waals surface area contributed by atoms with E-state index in [1.54, 1.807) is 0 Å². The fourth-order valence-corrected chi connectivity index (χ4v) is 4.13. The summed E-state index contributed by atoms with van der Waals surface area (Å²) in [5.74, 6) is 2.20. The molecule has 0 spiro atoms. The van der Waals surface area contributed by atoms with Gasteiger partial charge in [-0.15, -0.1) is 0 Å². The van der Waals surface area contributed by atoms with Crippen LogP contribution in [0.1, 0.15) is 35.9 Å². The molecule has 1 heterocycles. The fraction of sp³-hybridized carbons (Fsp3) is 0.250. The van der Waals surface area contributed by atoms with Gasteiger partial charge in [-0.05, 0) is 49.2 Å². The highest BCUT2D eigenvalue weighted by Crippen LogP contribution is 2.45. The van der Waals surface area contributed by atoms with Crippen molar-refractivity contribution in [2.75, 3.05) is 13.6 Å². The van der Waals surface area contributed by atoms with Crippen molar-refractivity contribution in [3.63, 3.8) is 0 Å². The SMILES string of the molecule is CNN1CCCC(c2ccccc2Oc2ccccc2)C1c1ccccc1. The number of hydrazine groups is 1. The normalized spacial score (nSPS) is 20.3. The molecular formula is C24H26N2O. The Hall–Kier alpha value is -2.62. The van der Waals surface area contributed by atoms with Gasteiger partial charge in [0.05, 0.1) is 6.04 Å². The van der Waals surface area contributed by atoms with E-state index in [9.17, 15) is 0 Å². The van der Waals surface area contributed by atoms with E-state index >= 15 is 0 Å². The zero-order chi connectivity index (χ0) is 18.5. The van der Waals surface area contributed by atoms with Gasteiger partial charge in [-0.25, -0.2) is 5.01 Å². The summed E-state index contributed by atoms with van der Waals surface area (Å²) in [4.78, 5) is 0. The van der Waals surface area contributed by atoms with Crippen molar-refractivity contribution in [3.8, 4) is 11.5 Å². The third kappa shape index (κ3) is 3.90. The van der Waals surface area contributed by atoms with E-state index in [1.807, 2.05) is 37.4 Å². The van der Waals surface area contributed by atoms with Gasteiger partial charge in [0.15, 0.2) is 0 Å². The lowest BCUT2D eigenvalue weighted by molar-refractivity contribution is 0.0793. The third-order valence-corrected chi connectivity index (χ3v) is 5.35. The molecule has 0 amide bonds. The Bertz CT molecular complexity index is 851. The summed E-state index contributed by atoms with van der Waals surface area (Å²) >= 11 is 0. The molecule has 1 fully saturated rings. The zero-order valence-corrected chi connectivity index (χ0v) is 15.7. The van der Waals surface area contributed by atoms with Crippen molar-refractivity contribution in [1.29, 1.82) is 0 Å². The van der Waals surface area contributed by atoms with Gasteiger partial charge in [0.2, 0.25) is 0 Å². The van der Waals surface area contributed by atoms with Gasteiger partial charge in [-0.1, -0.05) is 66.7 Å². The van der Waals surface area contributed by atoms with Crippen LogP contribution in [0.15, 0.2) is 84.9 Å². The minimum Gasteiger partial charge on any atom is -0.457 e. The first-order valence-corrected chi connectivity index (χ1v) is 9.67. The molecule has 0 saturated carbocycles. The number of hydrogen-bond donors (Lipinski definition) is 1. The predicted molar refractivity (Wildman–Crippen MR) is 110 cm³/mol. The molecule has 27 heavy (non-hydrogen) atoms. The minimum atomic E-state index is 0.283. The molecule has 0 bridgehead atoms. The number of benzene rings is 3. The van der Waals surface area contributed by atoms with E-state index in [4.69, 9.17) is 4.74 Å². The van der Waals surface area contributed by atoms with Crippen molar-refractivity contribution in [1.82, 2.24) is 10.4 Å². The highest BCUT2D eigenvalue weighted by Gasteiger charge is 2.34. The lowest BCUT2D eigenvalue weighted by Gasteiger charge is -2.41. The Morgan fingerprint density at radius 3 is 2.26 bits per heavy atom. The van der Waals surface area contributed by atoms with Crippen LogP contribution in [0.2, 0.25) is 0 Å². The summed E-state index contributed by atoms with van der Waals surface area (Å²) in [7, 11) is 2.02. The minimum absolute atomic E-state index is 0.283. The summed E-state index contributed by atoms with van der Waals surface area (Å²) in [5.41, 5.74) is 6.03. The van der Waals surface area contributed by atoms with Crippen LogP contribution in [0, 0.1) is 0 Å². The number of ether oxygens (including phenoxy) is 1. The molecule has 3 nitrogen and oxygen atoms in total. The maximum absolute atomic E-state index is 6.28. The Morgan fingerprint density at radius 2 is 1.52 bits per heavy atom. The molecule has 2 unspecified atom stereocenters. The van der Waals surface area contributed by atoms with E-state index in [0.29, 0.717) is 5.92 Å². The highest BCUT2D eigenvalue weighted by molar-refractivity contribution is 5.42. The standard InChI is InChI=1S/C24H26N2O/c1-25-26-18-10-16-22(24(26)19-11-4-2-5-12-19)21-15-8-9-17-23(21)27-20-13-6-3-7-14-20/h2-9,11-15,17,22,24-25H,10,16,18H2,1H3. The molecule has 4 rings (SSSR count). The summed E-state index contributed by atoms with van der Waals surface area (Å²) in [6.45, 7) is 1.05. The number of rotatable bonds is 5. The van der Waals surface area contributed by atoms with Crippen molar-refractivity contribution in [2.24, 2.45) is 0 Å². The first-order chi connectivity index (χ1) is 13.4. The molecule has 1 N–H and O–H groups in total. The van der Waals surface area contributed by atoms with Crippen molar-refractivity contribution < 1.29 is 4.74 Å². The molecule has 0 radical (unpaired) electrons. The highest BCUT2D eigenvalue weighted by atomic mass is 16.5. The first kappa shape index (κ1) is 17.8. The Kier molecular flexibility index (Phi) is 5.52. The van der Waals surface area contributed by atoms with E-state index in [1.165, 1.54) is 11.1 Å². The molecular weight excluding hydrogens is 332 g/mol. The summed E-state index contributed by atoms with van der Waals surface area (Å²) < 4.78 is 6.28. The second-order valence-corrected chi connectivity index (χ2v) is 6.97. The number of nitrogens with zero attached hydrogens (tertiary/aromatic N) is 1. The monoisotopic (exact) mass is 358 g/mol. The Balaban J connectivity index is 1.72. The number of hydrogen-bond acceptors (Lipinski definition) is 3. The fourth-order valence-electron chi connectivity index (χ4n) is 4.13. The Morgan fingerprint density at radius 1 is 0.852 bits per heavy atom. The van der Waals surface area contributed by atoms with Gasteiger partial charge in [-0.2, -0.15) is 0 Å². The Labute approximate surface area is 161 Å². The summed E-state index contributed by atoms with van der Waals surface area (Å²) in [6, 6.07) is 29.6. The van der Waals surface area contributed by atoms with Crippen LogP contribution < -0.4 is 10.2 Å². The zero-order valence-electron chi connectivity index (χ0n) is 15.7. The smallest absolute Gasteiger partial charge is 0.130 e.